The molecule has 1 saturated heterocycles. The van der Waals surface area contributed by atoms with Crippen molar-refractivity contribution < 1.29 is 0 Å². The maximum Gasteiger partial charge on any atom is 0.0618 e. The van der Waals surface area contributed by atoms with Crippen LogP contribution in [0.25, 0.3) is 0 Å². The van der Waals surface area contributed by atoms with Gasteiger partial charge < -0.3 is 0 Å². The predicted octanol–water partition coefficient (Wildman–Crippen LogP) is 1.65. The van der Waals surface area contributed by atoms with Crippen LogP contribution in [0.2, 0.25) is 0 Å². The highest BCUT2D eigenvalue weighted by Crippen LogP contribution is 2.14. The summed E-state index contributed by atoms with van der Waals surface area (Å²) < 4.78 is 0. The molecule has 0 N–H and O–H groups in total. The van der Waals surface area contributed by atoms with E-state index in [1.165, 1.54) is 11.5 Å². The van der Waals surface area contributed by atoms with Gasteiger partial charge in [-0.2, -0.15) is 17.0 Å². The molecule has 2 heteroatoms. The molecule has 1 aliphatic heterocycles. The Morgan fingerprint density at radius 3 is 2.00 bits per heavy atom. The minimum atomic E-state index is 0.625. The highest BCUT2D eigenvalue weighted by Gasteiger charge is 1.95. The van der Waals surface area contributed by atoms with Crippen molar-refractivity contribution in [3.8, 4) is 6.07 Å². The van der Waals surface area contributed by atoms with E-state index in [-0.39, 0.29) is 0 Å². The topological polar surface area (TPSA) is 23.8 Å². The Bertz CT molecular complexity index is 60.2. The molecule has 0 aromatic heterocycles. The fourth-order valence-corrected chi connectivity index (χ4v) is 0. The molecule has 0 bridgehead atoms. The van der Waals surface area contributed by atoms with Crippen LogP contribution in [0, 0.1) is 11.3 Å². The van der Waals surface area contributed by atoms with Gasteiger partial charge in [-0.15, -0.1) is 0 Å². The van der Waals surface area contributed by atoms with Crippen LogP contribution in [0.4, 0.5) is 0 Å². The van der Waals surface area contributed by atoms with Crippen molar-refractivity contribution in [2.75, 3.05) is 11.5 Å². The molecule has 0 radical (unpaired) electrons. The normalized spacial score (nSPS) is 13.1. The average molecular weight is 115 g/mol. The van der Waals surface area contributed by atoms with E-state index >= 15 is 0 Å². The summed E-state index contributed by atoms with van der Waals surface area (Å²) in [7, 11) is 0. The molecule has 1 heterocycles. The van der Waals surface area contributed by atoms with Crippen molar-refractivity contribution in [1.29, 1.82) is 5.26 Å². The van der Waals surface area contributed by atoms with Gasteiger partial charge in [-0.05, 0) is 0 Å². The van der Waals surface area contributed by atoms with Gasteiger partial charge in [-0.25, -0.2) is 0 Å². The maximum atomic E-state index is 7.62. The van der Waals surface area contributed by atoms with Crippen LogP contribution in [0.5, 0.6) is 0 Å². The molecule has 0 aromatic carbocycles. The van der Waals surface area contributed by atoms with Crippen LogP contribution >= 0.6 is 11.8 Å². The first-order valence-corrected chi connectivity index (χ1v) is 3.52. The number of rotatable bonds is 0. The van der Waals surface area contributed by atoms with Gasteiger partial charge in [0.15, 0.2) is 0 Å². The highest BCUT2D eigenvalue weighted by molar-refractivity contribution is 8.06. The predicted molar refractivity (Wildman–Crippen MR) is 33.2 cm³/mol. The van der Waals surface area contributed by atoms with Gasteiger partial charge in [-0.1, -0.05) is 6.92 Å². The molecule has 0 aromatic rings. The van der Waals surface area contributed by atoms with Crippen molar-refractivity contribution in [3.05, 3.63) is 0 Å². The number of nitriles is 1. The smallest absolute Gasteiger partial charge is 0.0618 e. The molecule has 0 aliphatic carbocycles. The van der Waals surface area contributed by atoms with Gasteiger partial charge >= 0.3 is 0 Å². The average Bonchev–Trinajstić information content (AvgIpc) is 2.47. The van der Waals surface area contributed by atoms with E-state index in [0.29, 0.717) is 6.42 Å². The first-order chi connectivity index (χ1) is 3.41. The zero-order chi connectivity index (χ0) is 5.54. The van der Waals surface area contributed by atoms with E-state index in [2.05, 4.69) is 0 Å². The molecule has 40 valence electrons. The highest BCUT2D eigenvalue weighted by atomic mass is 32.2. The quantitative estimate of drug-likeness (QED) is 0.448. The summed E-state index contributed by atoms with van der Waals surface area (Å²) in [6.45, 7) is 1.82. The molecule has 7 heavy (non-hydrogen) atoms. The lowest BCUT2D eigenvalue weighted by Crippen LogP contribution is -1.38. The first kappa shape index (κ1) is 6.84. The van der Waals surface area contributed by atoms with E-state index in [1.54, 1.807) is 0 Å². The Morgan fingerprint density at radius 2 is 2.00 bits per heavy atom. The summed E-state index contributed by atoms with van der Waals surface area (Å²) in [6.07, 6.45) is 0.625. The van der Waals surface area contributed by atoms with Crippen LogP contribution < -0.4 is 0 Å². The van der Waals surface area contributed by atoms with Gasteiger partial charge in [0.2, 0.25) is 0 Å². The molecule has 1 fully saturated rings. The van der Waals surface area contributed by atoms with Crippen molar-refractivity contribution in [2.45, 2.75) is 13.3 Å². The molecule has 0 spiro atoms. The molecular weight excluding hydrogens is 106 g/mol. The summed E-state index contributed by atoms with van der Waals surface area (Å²) in [4.78, 5) is 0. The van der Waals surface area contributed by atoms with Crippen molar-refractivity contribution in [1.82, 2.24) is 0 Å². The molecule has 0 saturated carbocycles. The fourth-order valence-electron chi connectivity index (χ4n) is 0. The zero-order valence-corrected chi connectivity index (χ0v) is 5.29. The van der Waals surface area contributed by atoms with Gasteiger partial charge in [0, 0.05) is 17.9 Å². The standard InChI is InChI=1S/C3H5N.C2H4S/c1-2-3-4;1-2-3-1/h2H2,1H3;1-2H2. The molecular formula is C5H9NS. The summed E-state index contributed by atoms with van der Waals surface area (Å²) >= 11 is 2.00. The van der Waals surface area contributed by atoms with E-state index in [9.17, 15) is 0 Å². The molecule has 0 amide bonds. The third-order valence-electron chi connectivity index (χ3n) is 0.362. The minimum Gasteiger partial charge on any atom is -0.198 e. The third-order valence-corrected chi connectivity index (χ3v) is 0.770. The van der Waals surface area contributed by atoms with E-state index in [0.717, 1.165) is 0 Å². The fraction of sp³-hybridized carbons (Fsp3) is 0.800. The van der Waals surface area contributed by atoms with Crippen molar-refractivity contribution in [2.24, 2.45) is 0 Å². The second-order valence-corrected chi connectivity index (χ2v) is 2.35. The number of hydrogen-bond acceptors (Lipinski definition) is 2. The third kappa shape index (κ3) is 25.4. The number of nitrogens with zero attached hydrogens (tertiary/aromatic N) is 1. The Hall–Kier alpha value is -0.160. The molecule has 1 rings (SSSR count). The van der Waals surface area contributed by atoms with Gasteiger partial charge in [0.05, 0.1) is 6.07 Å². The molecule has 1 aliphatic rings. The van der Waals surface area contributed by atoms with Crippen molar-refractivity contribution >= 4 is 11.8 Å². The van der Waals surface area contributed by atoms with E-state index < -0.39 is 0 Å². The Balaban J connectivity index is 0.000000105. The van der Waals surface area contributed by atoms with Gasteiger partial charge in [0.1, 0.15) is 0 Å². The molecule has 0 atom stereocenters. The second kappa shape index (κ2) is 5.84. The van der Waals surface area contributed by atoms with Crippen LogP contribution in [-0.4, -0.2) is 11.5 Å². The Kier molecular flexibility index (Phi) is 5.71. The summed E-state index contributed by atoms with van der Waals surface area (Å²) in [5, 5.41) is 7.62. The summed E-state index contributed by atoms with van der Waals surface area (Å²) in [6, 6.07) is 1.93. The minimum absolute atomic E-state index is 0.625. The first-order valence-electron chi connectivity index (χ1n) is 2.36. The van der Waals surface area contributed by atoms with Crippen LogP contribution in [0.3, 0.4) is 0 Å². The Labute approximate surface area is 48.7 Å². The molecule has 1 nitrogen and oxygen atoms in total. The second-order valence-electron chi connectivity index (χ2n) is 1.12. The zero-order valence-electron chi connectivity index (χ0n) is 4.48. The summed E-state index contributed by atoms with van der Waals surface area (Å²) in [5.41, 5.74) is 0. The lowest BCUT2D eigenvalue weighted by atomic mass is 10.6. The van der Waals surface area contributed by atoms with E-state index in [1.807, 2.05) is 24.8 Å². The Morgan fingerprint density at radius 1 is 1.71 bits per heavy atom. The SMILES string of the molecule is C1CS1.CCC#N. The van der Waals surface area contributed by atoms with E-state index in [4.69, 9.17) is 5.26 Å². The number of hydrogen-bond donors (Lipinski definition) is 0. The lowest BCUT2D eigenvalue weighted by Gasteiger charge is -1.47. The van der Waals surface area contributed by atoms with Crippen molar-refractivity contribution in [3.63, 3.8) is 0 Å². The monoisotopic (exact) mass is 115 g/mol. The number of thioether (sulfide) groups is 1. The largest absolute Gasteiger partial charge is 0.198 e. The van der Waals surface area contributed by atoms with Crippen LogP contribution in [-0.2, 0) is 0 Å². The molecule has 0 unspecified atom stereocenters. The van der Waals surface area contributed by atoms with Crippen LogP contribution in [0.1, 0.15) is 13.3 Å². The maximum absolute atomic E-state index is 7.62. The summed E-state index contributed by atoms with van der Waals surface area (Å²) in [5.74, 6) is 2.83. The van der Waals surface area contributed by atoms with Gasteiger partial charge in [0.25, 0.3) is 0 Å². The lowest BCUT2D eigenvalue weighted by molar-refractivity contribution is 1.22. The van der Waals surface area contributed by atoms with Crippen LogP contribution in [0.15, 0.2) is 0 Å². The van der Waals surface area contributed by atoms with Gasteiger partial charge in [-0.3, -0.25) is 0 Å².